The lowest BCUT2D eigenvalue weighted by atomic mass is 9.79. The first-order valence-corrected chi connectivity index (χ1v) is 17.7. The lowest BCUT2D eigenvalue weighted by molar-refractivity contribution is 0.659. The molecule has 0 N–H and O–H groups in total. The zero-order valence-corrected chi connectivity index (χ0v) is 28.6. The minimum atomic E-state index is -0.193. The fourth-order valence-corrected chi connectivity index (χ4v) is 8.46. The van der Waals surface area contributed by atoms with E-state index in [-0.39, 0.29) is 5.41 Å². The van der Waals surface area contributed by atoms with Crippen LogP contribution >= 0.6 is 0 Å². The van der Waals surface area contributed by atoms with Crippen LogP contribution in [-0.2, 0) is 5.41 Å². The predicted molar refractivity (Wildman–Crippen MR) is 214 cm³/mol. The molecule has 0 unspecified atom stereocenters. The summed E-state index contributed by atoms with van der Waals surface area (Å²) in [5.41, 5.74) is 14.9. The molecule has 10 rings (SSSR count). The summed E-state index contributed by atoms with van der Waals surface area (Å²) < 4.78 is 7.18. The second kappa shape index (κ2) is 11.3. The second-order valence-corrected chi connectivity index (χ2v) is 14.1. The van der Waals surface area contributed by atoms with Gasteiger partial charge in [0.2, 0.25) is 0 Å². The average molecular weight is 654 g/mol. The maximum Gasteiger partial charge on any atom is 0.159 e. The fraction of sp³-hybridized carbons (Fsp3) is 0.0612. The smallest absolute Gasteiger partial charge is 0.159 e. The lowest BCUT2D eigenvalue weighted by Gasteiger charge is -2.26. The molecule has 51 heavy (non-hydrogen) atoms. The third-order valence-corrected chi connectivity index (χ3v) is 10.8. The van der Waals surface area contributed by atoms with E-state index in [1.54, 1.807) is 0 Å². The summed E-state index contributed by atoms with van der Waals surface area (Å²) in [6, 6.07) is 63.2. The highest BCUT2D eigenvalue weighted by atomic mass is 16.3. The Kier molecular flexibility index (Phi) is 6.56. The fourth-order valence-electron chi connectivity index (χ4n) is 8.46. The number of hydrogen-bond donors (Lipinski definition) is 0. The summed E-state index contributed by atoms with van der Waals surface area (Å²) in [4.78, 5) is 2.34. The van der Waals surface area contributed by atoms with Crippen molar-refractivity contribution in [2.24, 2.45) is 0 Å². The molecule has 2 nitrogen and oxygen atoms in total. The van der Waals surface area contributed by atoms with Crippen LogP contribution in [0.15, 0.2) is 180 Å². The van der Waals surface area contributed by atoms with Crippen LogP contribution in [0.3, 0.4) is 0 Å². The minimum absolute atomic E-state index is 0.193. The van der Waals surface area contributed by atoms with Crippen LogP contribution in [-0.4, -0.2) is 0 Å². The molecule has 2 heteroatoms. The van der Waals surface area contributed by atoms with E-state index in [2.05, 4.69) is 195 Å². The molecule has 0 atom stereocenters. The van der Waals surface area contributed by atoms with Gasteiger partial charge in [-0.2, -0.15) is 0 Å². The Bertz CT molecular complexity index is 2660. The van der Waals surface area contributed by atoms with Gasteiger partial charge in [0.15, 0.2) is 5.58 Å². The first-order chi connectivity index (χ1) is 25.1. The zero-order valence-electron chi connectivity index (χ0n) is 28.6. The van der Waals surface area contributed by atoms with Crippen molar-refractivity contribution in [1.82, 2.24) is 0 Å². The Morgan fingerprint density at radius 2 is 0.941 bits per heavy atom. The molecule has 0 amide bonds. The number of para-hydroxylation sites is 1. The molecule has 9 aromatic rings. The van der Waals surface area contributed by atoms with Gasteiger partial charge in [0, 0.05) is 32.9 Å². The van der Waals surface area contributed by atoms with Gasteiger partial charge >= 0.3 is 0 Å². The molecule has 0 spiro atoms. The van der Waals surface area contributed by atoms with E-state index in [1.165, 1.54) is 55.3 Å². The van der Waals surface area contributed by atoms with Gasteiger partial charge in [-0.15, -0.1) is 0 Å². The minimum Gasteiger partial charge on any atom is -0.453 e. The molecule has 1 aliphatic carbocycles. The quantitative estimate of drug-likeness (QED) is 0.184. The number of anilines is 3. The lowest BCUT2D eigenvalue weighted by Crippen LogP contribution is -2.15. The monoisotopic (exact) mass is 653 g/mol. The van der Waals surface area contributed by atoms with E-state index < -0.39 is 0 Å². The van der Waals surface area contributed by atoms with Gasteiger partial charge in [0.1, 0.15) is 5.58 Å². The first kappa shape index (κ1) is 29.5. The van der Waals surface area contributed by atoms with Gasteiger partial charge in [-0.3, -0.25) is 0 Å². The molecular weight excluding hydrogens is 619 g/mol. The van der Waals surface area contributed by atoms with Crippen LogP contribution in [0.5, 0.6) is 0 Å². The van der Waals surface area contributed by atoms with Crippen LogP contribution in [0.25, 0.3) is 66.1 Å². The summed E-state index contributed by atoms with van der Waals surface area (Å²) in [5, 5.41) is 4.73. The van der Waals surface area contributed by atoms with Crippen molar-refractivity contribution in [1.29, 1.82) is 0 Å². The summed E-state index contributed by atoms with van der Waals surface area (Å²) in [6.45, 7) is 4.73. The molecule has 8 aromatic carbocycles. The summed E-state index contributed by atoms with van der Waals surface area (Å²) in [7, 11) is 0. The van der Waals surface area contributed by atoms with Crippen molar-refractivity contribution < 1.29 is 4.42 Å². The van der Waals surface area contributed by atoms with Gasteiger partial charge in [-0.1, -0.05) is 159 Å². The topological polar surface area (TPSA) is 16.4 Å². The average Bonchev–Trinajstić information content (AvgIpc) is 3.69. The normalized spacial score (nSPS) is 13.1. The van der Waals surface area contributed by atoms with Crippen molar-refractivity contribution >= 4 is 49.8 Å². The Morgan fingerprint density at radius 1 is 0.431 bits per heavy atom. The van der Waals surface area contributed by atoms with Crippen molar-refractivity contribution in [3.8, 4) is 33.4 Å². The Labute approximate surface area is 297 Å². The number of hydrogen-bond acceptors (Lipinski definition) is 2. The number of benzene rings is 8. The van der Waals surface area contributed by atoms with E-state index in [0.717, 1.165) is 39.0 Å². The van der Waals surface area contributed by atoms with Gasteiger partial charge < -0.3 is 9.32 Å². The Balaban J connectivity index is 1.23. The largest absolute Gasteiger partial charge is 0.453 e. The van der Waals surface area contributed by atoms with Gasteiger partial charge in [0.05, 0.1) is 5.69 Å². The van der Waals surface area contributed by atoms with Gasteiger partial charge in [0.25, 0.3) is 0 Å². The van der Waals surface area contributed by atoms with Crippen LogP contribution in [0.1, 0.15) is 25.0 Å². The molecule has 0 aliphatic heterocycles. The Morgan fingerprint density at radius 3 is 1.57 bits per heavy atom. The van der Waals surface area contributed by atoms with E-state index in [1.807, 2.05) is 0 Å². The van der Waals surface area contributed by atoms with Crippen molar-refractivity contribution in [2.45, 2.75) is 19.3 Å². The summed E-state index contributed by atoms with van der Waals surface area (Å²) in [5.74, 6) is 0. The van der Waals surface area contributed by atoms with Crippen LogP contribution in [0.2, 0.25) is 0 Å². The van der Waals surface area contributed by atoms with E-state index in [4.69, 9.17) is 4.42 Å². The van der Waals surface area contributed by atoms with Gasteiger partial charge in [-0.05, 0) is 80.2 Å². The highest BCUT2D eigenvalue weighted by Crippen LogP contribution is 2.57. The molecule has 1 heterocycles. The molecular formula is C49H35NO. The van der Waals surface area contributed by atoms with E-state index >= 15 is 0 Å². The molecule has 0 saturated heterocycles. The molecule has 0 fully saturated rings. The number of rotatable bonds is 5. The number of furan rings is 1. The molecule has 0 radical (unpaired) electrons. The highest BCUT2D eigenvalue weighted by molar-refractivity contribution is 6.24. The van der Waals surface area contributed by atoms with Crippen LogP contribution < -0.4 is 4.90 Å². The van der Waals surface area contributed by atoms with E-state index in [0.29, 0.717) is 0 Å². The van der Waals surface area contributed by atoms with E-state index in [9.17, 15) is 0 Å². The molecule has 1 aromatic heterocycles. The summed E-state index contributed by atoms with van der Waals surface area (Å²) >= 11 is 0. The van der Waals surface area contributed by atoms with Gasteiger partial charge in [-0.25, -0.2) is 0 Å². The summed E-state index contributed by atoms with van der Waals surface area (Å²) in [6.07, 6.45) is 0. The first-order valence-electron chi connectivity index (χ1n) is 17.7. The van der Waals surface area contributed by atoms with Crippen LogP contribution in [0, 0.1) is 0 Å². The van der Waals surface area contributed by atoms with Crippen molar-refractivity contribution in [2.75, 3.05) is 4.90 Å². The Hall–Kier alpha value is -6.38. The second-order valence-electron chi connectivity index (χ2n) is 14.1. The van der Waals surface area contributed by atoms with Crippen molar-refractivity contribution in [3.05, 3.63) is 187 Å². The third kappa shape index (κ3) is 4.50. The predicted octanol–water partition coefficient (Wildman–Crippen LogP) is 13.8. The number of nitrogens with zero attached hydrogens (tertiary/aromatic N) is 1. The highest BCUT2D eigenvalue weighted by Gasteiger charge is 2.40. The third-order valence-electron chi connectivity index (χ3n) is 10.8. The SMILES string of the molecule is CC1(C)c2ccccc2-c2c1c1c3cccc(N(c4ccc(-c5ccccc5)cc4)c4ccc(-c5ccccc5)cc4)c3oc1c1ccccc21. The number of fused-ring (bicyclic) bond motifs is 10. The maximum absolute atomic E-state index is 7.18. The van der Waals surface area contributed by atoms with Crippen molar-refractivity contribution in [3.63, 3.8) is 0 Å². The van der Waals surface area contributed by atoms with Crippen LogP contribution in [0.4, 0.5) is 17.1 Å². The standard InChI is InChI=1S/C49H35NO/c1-49(2)42-22-12-11-20-40(42)44-38-18-9-10-19-39(38)48-45(46(44)49)41-21-13-23-43(47(41)51-48)50(36-28-24-34(25-29-36)32-14-5-3-6-15-32)37-30-26-35(27-31-37)33-16-7-4-8-17-33/h3-31H,1-2H3. The molecule has 0 saturated carbocycles. The molecule has 242 valence electrons. The molecule has 1 aliphatic rings. The maximum atomic E-state index is 7.18. The molecule has 0 bridgehead atoms. The zero-order chi connectivity index (χ0) is 34.1.